The minimum Gasteiger partial charge on any atom is -0.351 e. The van der Waals surface area contributed by atoms with E-state index in [0.29, 0.717) is 31.4 Å². The van der Waals surface area contributed by atoms with Crippen molar-refractivity contribution in [2.75, 3.05) is 15.8 Å². The summed E-state index contributed by atoms with van der Waals surface area (Å²) in [7, 11) is -4.74. The van der Waals surface area contributed by atoms with Crippen molar-refractivity contribution in [2.45, 2.75) is 70.4 Å². The van der Waals surface area contributed by atoms with Gasteiger partial charge in [-0.15, -0.1) is 0 Å². The summed E-state index contributed by atoms with van der Waals surface area (Å²) in [6, 6.07) is 0.623. The van der Waals surface area contributed by atoms with Gasteiger partial charge in [-0.3, -0.25) is 14.1 Å². The van der Waals surface area contributed by atoms with Crippen molar-refractivity contribution >= 4 is 32.8 Å². The van der Waals surface area contributed by atoms with Gasteiger partial charge >= 0.3 is 6.18 Å². The number of fused-ring (bicyclic) bond motifs is 1. The maximum Gasteiger partial charge on any atom is 0.390 e. The Morgan fingerprint density at radius 3 is 2.40 bits per heavy atom. The molecule has 3 aromatic rings. The number of hydrogen-bond acceptors (Lipinski definition) is 7. The third-order valence-electron chi connectivity index (χ3n) is 6.32. The quantitative estimate of drug-likeness (QED) is 0.350. The average molecular weight is 593 g/mol. The molecule has 2 atom stereocenters. The first-order valence-electron chi connectivity index (χ1n) is 12.4. The smallest absolute Gasteiger partial charge is 0.351 e. The standard InChI is InChI=1S/C24H26F6N6O3S/c1-12(2)36-21-18(11-31-23(34-21)32-15-5-3-4-14(25)10-15)33-19(22(36)37)13-8-16(26)20(17(27)9-13)35-40(38,39)7-6-24(28,29)30/h8-9,11-12,14-15,35H,3-7,10H2,1-2H3,(H,31,32,34)/t14-,15+/m0/s1. The Bertz CT molecular complexity index is 1550. The van der Waals surface area contributed by atoms with Gasteiger partial charge in [0.25, 0.3) is 5.56 Å². The van der Waals surface area contributed by atoms with Crippen molar-refractivity contribution in [1.82, 2.24) is 19.5 Å². The largest absolute Gasteiger partial charge is 0.390 e. The Kier molecular flexibility index (Phi) is 8.28. The van der Waals surface area contributed by atoms with E-state index in [2.05, 4.69) is 20.3 Å². The fourth-order valence-corrected chi connectivity index (χ4v) is 5.55. The molecule has 0 bridgehead atoms. The monoisotopic (exact) mass is 592 g/mol. The Balaban J connectivity index is 1.70. The van der Waals surface area contributed by atoms with Gasteiger partial charge in [-0.25, -0.2) is 31.6 Å². The first-order valence-corrected chi connectivity index (χ1v) is 14.1. The molecule has 0 radical (unpaired) electrons. The number of nitrogens with one attached hydrogen (secondary N) is 2. The molecule has 0 saturated heterocycles. The summed E-state index contributed by atoms with van der Waals surface area (Å²) in [5.41, 5.74) is -2.43. The van der Waals surface area contributed by atoms with Crippen LogP contribution in [-0.4, -0.2) is 52.1 Å². The van der Waals surface area contributed by atoms with Crippen molar-refractivity contribution in [3.63, 3.8) is 0 Å². The molecule has 218 valence electrons. The number of halogens is 6. The van der Waals surface area contributed by atoms with Gasteiger partial charge in [-0.1, -0.05) is 0 Å². The van der Waals surface area contributed by atoms with Crippen molar-refractivity contribution in [1.29, 1.82) is 0 Å². The van der Waals surface area contributed by atoms with Crippen LogP contribution in [0.15, 0.2) is 23.1 Å². The van der Waals surface area contributed by atoms with E-state index in [9.17, 15) is 39.6 Å². The molecule has 1 aromatic carbocycles. The molecule has 0 amide bonds. The van der Waals surface area contributed by atoms with E-state index in [1.54, 1.807) is 13.8 Å². The van der Waals surface area contributed by atoms with Crippen LogP contribution in [-0.2, 0) is 10.0 Å². The van der Waals surface area contributed by atoms with E-state index < -0.39 is 63.5 Å². The highest BCUT2D eigenvalue weighted by Gasteiger charge is 2.31. The third kappa shape index (κ3) is 6.82. The van der Waals surface area contributed by atoms with Crippen LogP contribution in [0.4, 0.5) is 38.0 Å². The lowest BCUT2D eigenvalue weighted by Gasteiger charge is -2.25. The molecule has 1 aliphatic rings. The highest BCUT2D eigenvalue weighted by Crippen LogP contribution is 2.29. The zero-order valence-corrected chi connectivity index (χ0v) is 22.2. The molecule has 0 aliphatic heterocycles. The van der Waals surface area contributed by atoms with Gasteiger partial charge in [0.1, 0.15) is 23.1 Å². The number of rotatable bonds is 8. The number of nitrogens with zero attached hydrogens (tertiary/aromatic N) is 4. The summed E-state index contributed by atoms with van der Waals surface area (Å²) in [5.74, 6) is -4.20. The van der Waals surface area contributed by atoms with Crippen LogP contribution in [0.2, 0.25) is 0 Å². The average Bonchev–Trinajstić information content (AvgIpc) is 2.84. The van der Waals surface area contributed by atoms with Crippen LogP contribution in [0.25, 0.3) is 22.4 Å². The van der Waals surface area contributed by atoms with Crippen LogP contribution in [0.3, 0.4) is 0 Å². The Labute approximate surface area is 225 Å². The number of aromatic nitrogens is 4. The second-order valence-corrected chi connectivity index (χ2v) is 11.7. The predicted molar refractivity (Wildman–Crippen MR) is 136 cm³/mol. The molecule has 1 saturated carbocycles. The van der Waals surface area contributed by atoms with Gasteiger partial charge in [0.05, 0.1) is 18.4 Å². The van der Waals surface area contributed by atoms with Gasteiger partial charge < -0.3 is 5.32 Å². The predicted octanol–water partition coefficient (Wildman–Crippen LogP) is 5.10. The zero-order chi connectivity index (χ0) is 29.4. The molecule has 4 rings (SSSR count). The summed E-state index contributed by atoms with van der Waals surface area (Å²) < 4.78 is 107. The number of benzene rings is 1. The van der Waals surface area contributed by atoms with E-state index in [-0.39, 0.29) is 34.4 Å². The van der Waals surface area contributed by atoms with Crippen molar-refractivity contribution in [3.8, 4) is 11.3 Å². The summed E-state index contributed by atoms with van der Waals surface area (Å²) >= 11 is 0. The molecule has 2 aromatic heterocycles. The molecule has 9 nitrogen and oxygen atoms in total. The zero-order valence-electron chi connectivity index (χ0n) is 21.4. The van der Waals surface area contributed by atoms with Gasteiger partial charge in [0.2, 0.25) is 16.0 Å². The Morgan fingerprint density at radius 2 is 1.80 bits per heavy atom. The molecule has 0 unspecified atom stereocenters. The highest BCUT2D eigenvalue weighted by molar-refractivity contribution is 7.92. The molecule has 0 spiro atoms. The summed E-state index contributed by atoms with van der Waals surface area (Å²) in [4.78, 5) is 26.2. The topological polar surface area (TPSA) is 119 Å². The van der Waals surface area contributed by atoms with E-state index in [1.807, 2.05) is 0 Å². The SMILES string of the molecule is CC(C)n1c(=O)c(-c2cc(F)c(NS(=O)(=O)CCC(F)(F)F)c(F)c2)nc2cnc(N[C@@H]3CCC[C@H](F)C3)nc21. The van der Waals surface area contributed by atoms with Crippen LogP contribution < -0.4 is 15.6 Å². The Morgan fingerprint density at radius 1 is 1.12 bits per heavy atom. The molecule has 16 heteroatoms. The van der Waals surface area contributed by atoms with Crippen LogP contribution in [0, 0.1) is 11.6 Å². The highest BCUT2D eigenvalue weighted by atomic mass is 32.2. The minimum atomic E-state index is -4.79. The molecule has 1 fully saturated rings. The van der Waals surface area contributed by atoms with Crippen LogP contribution in [0.5, 0.6) is 0 Å². The summed E-state index contributed by atoms with van der Waals surface area (Å²) in [6.45, 7) is 3.35. The number of hydrogen-bond donors (Lipinski definition) is 2. The fourth-order valence-electron chi connectivity index (χ4n) is 4.45. The molecule has 1 aliphatic carbocycles. The molecule has 40 heavy (non-hydrogen) atoms. The molecular weight excluding hydrogens is 566 g/mol. The number of alkyl halides is 4. The van der Waals surface area contributed by atoms with Crippen molar-refractivity contribution in [3.05, 3.63) is 40.3 Å². The maximum atomic E-state index is 14.8. The van der Waals surface area contributed by atoms with Crippen molar-refractivity contribution < 1.29 is 34.8 Å². The fraction of sp³-hybridized carbons (Fsp3) is 0.500. The van der Waals surface area contributed by atoms with E-state index in [1.165, 1.54) is 15.5 Å². The van der Waals surface area contributed by atoms with Crippen LogP contribution >= 0.6 is 0 Å². The normalized spacial score (nSPS) is 18.3. The Hall–Kier alpha value is -3.43. The maximum absolute atomic E-state index is 14.8. The molecule has 2 heterocycles. The lowest BCUT2D eigenvalue weighted by atomic mass is 9.94. The first kappa shape index (κ1) is 29.6. The summed E-state index contributed by atoms with van der Waals surface area (Å²) in [6.07, 6.45) is -3.93. The lowest BCUT2D eigenvalue weighted by molar-refractivity contribution is -0.129. The number of sulfonamides is 1. The molecular formula is C24H26F6N6O3S. The van der Waals surface area contributed by atoms with Crippen molar-refractivity contribution in [2.24, 2.45) is 0 Å². The van der Waals surface area contributed by atoms with Gasteiger partial charge in [0, 0.05) is 17.6 Å². The van der Waals surface area contributed by atoms with E-state index >= 15 is 0 Å². The van der Waals surface area contributed by atoms with E-state index in [0.717, 1.165) is 6.42 Å². The molecule has 2 N–H and O–H groups in total. The number of anilines is 2. The van der Waals surface area contributed by atoms with Gasteiger partial charge in [-0.05, 0) is 51.7 Å². The van der Waals surface area contributed by atoms with Crippen LogP contribution in [0.1, 0.15) is 52.0 Å². The minimum absolute atomic E-state index is 0.110. The van der Waals surface area contributed by atoms with Gasteiger partial charge in [-0.2, -0.15) is 18.2 Å². The first-order chi connectivity index (χ1) is 18.6. The lowest BCUT2D eigenvalue weighted by Crippen LogP contribution is -2.30. The van der Waals surface area contributed by atoms with E-state index in [4.69, 9.17) is 0 Å². The second kappa shape index (κ2) is 11.2. The second-order valence-electron chi connectivity index (χ2n) is 9.84. The van der Waals surface area contributed by atoms with Gasteiger partial charge in [0.15, 0.2) is 17.3 Å². The third-order valence-corrected chi connectivity index (χ3v) is 7.58. The summed E-state index contributed by atoms with van der Waals surface area (Å²) in [5, 5.41) is 3.07.